The number of rotatable bonds is 3. The van der Waals surface area contributed by atoms with E-state index in [0.29, 0.717) is 5.56 Å². The van der Waals surface area contributed by atoms with E-state index in [1.54, 1.807) is 6.07 Å². The van der Waals surface area contributed by atoms with Crippen molar-refractivity contribution in [3.05, 3.63) is 29.3 Å². The molecule has 2 unspecified atom stereocenters. The Hall–Kier alpha value is -0.550. The zero-order chi connectivity index (χ0) is 10.7. The highest BCUT2D eigenvalue weighted by molar-refractivity contribution is 7.80. The van der Waals surface area contributed by atoms with Crippen molar-refractivity contribution in [3.63, 3.8) is 0 Å². The van der Waals surface area contributed by atoms with Crippen LogP contribution in [0.5, 0.6) is 0 Å². The van der Waals surface area contributed by atoms with Gasteiger partial charge >= 0.3 is 0 Å². The van der Waals surface area contributed by atoms with Crippen molar-refractivity contribution >= 4 is 12.6 Å². The predicted molar refractivity (Wildman–Crippen MR) is 58.5 cm³/mol. The number of thiol groups is 1. The second-order valence-electron chi connectivity index (χ2n) is 3.30. The molecule has 0 aromatic heterocycles. The molecule has 0 spiro atoms. The van der Waals surface area contributed by atoms with E-state index in [4.69, 9.17) is 10.8 Å². The summed E-state index contributed by atoms with van der Waals surface area (Å²) < 4.78 is 0. The van der Waals surface area contributed by atoms with Gasteiger partial charge in [0.05, 0.1) is 18.8 Å². The van der Waals surface area contributed by atoms with E-state index in [9.17, 15) is 5.11 Å². The Morgan fingerprint density at radius 3 is 2.71 bits per heavy atom. The highest BCUT2D eigenvalue weighted by Gasteiger charge is 2.18. The third-order valence-corrected chi connectivity index (χ3v) is 2.81. The first-order chi connectivity index (χ1) is 6.57. The van der Waals surface area contributed by atoms with Crippen LogP contribution < -0.4 is 5.73 Å². The number of hydrogen-bond donors (Lipinski definition) is 4. The van der Waals surface area contributed by atoms with Crippen molar-refractivity contribution in [2.75, 3.05) is 6.61 Å². The second-order valence-corrected chi connectivity index (χ2v) is 3.75. The monoisotopic (exact) mass is 213 g/mol. The van der Waals surface area contributed by atoms with Gasteiger partial charge in [-0.1, -0.05) is 18.2 Å². The molecule has 78 valence electrons. The second kappa shape index (κ2) is 4.79. The summed E-state index contributed by atoms with van der Waals surface area (Å²) in [5, 5.41) is 18.6. The van der Waals surface area contributed by atoms with Gasteiger partial charge < -0.3 is 15.9 Å². The average molecular weight is 213 g/mol. The normalized spacial score (nSPS) is 15.2. The number of aliphatic hydroxyl groups excluding tert-OH is 2. The van der Waals surface area contributed by atoms with Crippen molar-refractivity contribution in [2.24, 2.45) is 5.73 Å². The molecule has 4 N–H and O–H groups in total. The number of aliphatic hydroxyl groups is 2. The van der Waals surface area contributed by atoms with Gasteiger partial charge in [0, 0.05) is 4.90 Å². The molecule has 1 rings (SSSR count). The third-order valence-electron chi connectivity index (χ3n) is 2.20. The first kappa shape index (κ1) is 11.5. The molecule has 1 aromatic rings. The molecular formula is C10H15NO2S. The molecule has 0 fully saturated rings. The summed E-state index contributed by atoms with van der Waals surface area (Å²) in [5.74, 6) is 0. The molecule has 0 aliphatic heterocycles. The van der Waals surface area contributed by atoms with Gasteiger partial charge in [-0.25, -0.2) is 0 Å². The molecule has 2 atom stereocenters. The van der Waals surface area contributed by atoms with Crippen molar-refractivity contribution in [1.29, 1.82) is 0 Å². The fraction of sp³-hybridized carbons (Fsp3) is 0.400. The SMILES string of the molecule is Cc1cccc(C(O)C(N)CO)c1S. The summed E-state index contributed by atoms with van der Waals surface area (Å²) in [7, 11) is 0. The quantitative estimate of drug-likeness (QED) is 0.557. The maximum atomic E-state index is 9.76. The summed E-state index contributed by atoms with van der Waals surface area (Å²) in [4.78, 5) is 0.726. The topological polar surface area (TPSA) is 66.5 Å². The summed E-state index contributed by atoms with van der Waals surface area (Å²) in [5.41, 5.74) is 7.18. The Morgan fingerprint density at radius 2 is 2.14 bits per heavy atom. The molecule has 0 saturated carbocycles. The molecule has 14 heavy (non-hydrogen) atoms. The Kier molecular flexibility index (Phi) is 3.95. The molecule has 0 radical (unpaired) electrons. The van der Waals surface area contributed by atoms with E-state index in [1.807, 2.05) is 19.1 Å². The van der Waals surface area contributed by atoms with E-state index in [-0.39, 0.29) is 6.61 Å². The molecule has 3 nitrogen and oxygen atoms in total. The van der Waals surface area contributed by atoms with Gasteiger partial charge in [-0.15, -0.1) is 12.6 Å². The molecule has 0 aliphatic rings. The van der Waals surface area contributed by atoms with Gasteiger partial charge in [-0.2, -0.15) is 0 Å². The fourth-order valence-electron chi connectivity index (χ4n) is 1.25. The van der Waals surface area contributed by atoms with E-state index in [2.05, 4.69) is 12.6 Å². The standard InChI is InChI=1S/C10H15NO2S/c1-6-3-2-4-7(10(6)14)9(13)8(11)5-12/h2-4,8-9,12-14H,5,11H2,1H3. The molecule has 0 aliphatic carbocycles. The summed E-state index contributed by atoms with van der Waals surface area (Å²) in [6.07, 6.45) is -0.868. The van der Waals surface area contributed by atoms with E-state index < -0.39 is 12.1 Å². The largest absolute Gasteiger partial charge is 0.395 e. The van der Waals surface area contributed by atoms with Crippen LogP contribution in [0.1, 0.15) is 17.2 Å². The highest BCUT2D eigenvalue weighted by Crippen LogP contribution is 2.25. The van der Waals surface area contributed by atoms with Crippen LogP contribution in [0, 0.1) is 6.92 Å². The summed E-state index contributed by atoms with van der Waals surface area (Å²) >= 11 is 4.29. The minimum atomic E-state index is -0.868. The molecular weight excluding hydrogens is 198 g/mol. The van der Waals surface area contributed by atoms with Crippen molar-refractivity contribution in [2.45, 2.75) is 24.0 Å². The Bertz CT molecular complexity index is 317. The lowest BCUT2D eigenvalue weighted by Gasteiger charge is -2.19. The van der Waals surface area contributed by atoms with E-state index in [0.717, 1.165) is 10.5 Å². The average Bonchev–Trinajstić information content (AvgIpc) is 2.20. The van der Waals surface area contributed by atoms with Crippen LogP contribution >= 0.6 is 12.6 Å². The van der Waals surface area contributed by atoms with Gasteiger partial charge in [-0.05, 0) is 18.1 Å². The van der Waals surface area contributed by atoms with Crippen molar-refractivity contribution in [1.82, 2.24) is 0 Å². The third kappa shape index (κ3) is 2.27. The van der Waals surface area contributed by atoms with E-state index >= 15 is 0 Å². The molecule has 0 saturated heterocycles. The van der Waals surface area contributed by atoms with Crippen molar-refractivity contribution < 1.29 is 10.2 Å². The molecule has 0 heterocycles. The van der Waals surface area contributed by atoms with Crippen LogP contribution in [0.2, 0.25) is 0 Å². The van der Waals surface area contributed by atoms with Crippen LogP contribution in [0.25, 0.3) is 0 Å². The van der Waals surface area contributed by atoms with Crippen LogP contribution in [0.3, 0.4) is 0 Å². The lowest BCUT2D eigenvalue weighted by atomic mass is 10.0. The smallest absolute Gasteiger partial charge is 0.0974 e. The Morgan fingerprint density at radius 1 is 1.50 bits per heavy atom. The summed E-state index contributed by atoms with van der Waals surface area (Å²) in [6, 6.07) is 4.83. The summed E-state index contributed by atoms with van der Waals surface area (Å²) in [6.45, 7) is 1.66. The minimum Gasteiger partial charge on any atom is -0.395 e. The lowest BCUT2D eigenvalue weighted by Crippen LogP contribution is -2.32. The zero-order valence-electron chi connectivity index (χ0n) is 8.01. The number of aryl methyl sites for hydroxylation is 1. The molecule has 0 bridgehead atoms. The van der Waals surface area contributed by atoms with Gasteiger partial charge in [0.2, 0.25) is 0 Å². The maximum Gasteiger partial charge on any atom is 0.0974 e. The Labute approximate surface area is 89.0 Å². The predicted octanol–water partition coefficient (Wildman–Crippen LogP) is 0.637. The first-order valence-corrected chi connectivity index (χ1v) is 4.85. The number of hydrogen-bond acceptors (Lipinski definition) is 4. The van der Waals surface area contributed by atoms with Crippen LogP contribution in [-0.4, -0.2) is 22.9 Å². The van der Waals surface area contributed by atoms with Gasteiger partial charge in [-0.3, -0.25) is 0 Å². The zero-order valence-corrected chi connectivity index (χ0v) is 8.91. The van der Waals surface area contributed by atoms with Crippen LogP contribution in [0.4, 0.5) is 0 Å². The minimum absolute atomic E-state index is 0.248. The number of nitrogens with two attached hydrogens (primary N) is 1. The van der Waals surface area contributed by atoms with Crippen molar-refractivity contribution in [3.8, 4) is 0 Å². The molecule has 0 amide bonds. The van der Waals surface area contributed by atoms with Gasteiger partial charge in [0.1, 0.15) is 0 Å². The van der Waals surface area contributed by atoms with E-state index in [1.165, 1.54) is 0 Å². The molecule has 4 heteroatoms. The number of benzene rings is 1. The fourth-order valence-corrected chi connectivity index (χ4v) is 1.53. The van der Waals surface area contributed by atoms with Gasteiger partial charge in [0.15, 0.2) is 0 Å². The lowest BCUT2D eigenvalue weighted by molar-refractivity contribution is 0.107. The highest BCUT2D eigenvalue weighted by atomic mass is 32.1. The Balaban J connectivity index is 3.01. The maximum absolute atomic E-state index is 9.76. The first-order valence-electron chi connectivity index (χ1n) is 4.41. The van der Waals surface area contributed by atoms with Crippen LogP contribution in [-0.2, 0) is 0 Å². The van der Waals surface area contributed by atoms with Crippen LogP contribution in [0.15, 0.2) is 23.1 Å². The van der Waals surface area contributed by atoms with Gasteiger partial charge in [0.25, 0.3) is 0 Å². The molecule has 1 aromatic carbocycles.